The van der Waals surface area contributed by atoms with Crippen LogP contribution < -0.4 is 0 Å². The molecule has 1 N–H and O–H groups in total. The second-order valence-corrected chi connectivity index (χ2v) is 6.46. The normalized spacial score (nSPS) is 21.3. The van der Waals surface area contributed by atoms with Crippen molar-refractivity contribution in [1.82, 2.24) is 19.7 Å². The van der Waals surface area contributed by atoms with Crippen LogP contribution in [0.25, 0.3) is 0 Å². The largest absolute Gasteiger partial charge is 0.467 e. The van der Waals surface area contributed by atoms with Gasteiger partial charge in [-0.3, -0.25) is 4.90 Å². The second kappa shape index (κ2) is 7.27. The maximum absolute atomic E-state index is 10.4. The smallest absolute Gasteiger partial charge is 0.146 e. The van der Waals surface area contributed by atoms with Crippen LogP contribution >= 0.6 is 0 Å². The van der Waals surface area contributed by atoms with E-state index in [0.717, 1.165) is 31.2 Å². The van der Waals surface area contributed by atoms with Crippen LogP contribution in [-0.2, 0) is 13.6 Å². The fraction of sp³-hybridized carbons (Fsp3) is 0.647. The monoisotopic (exact) mass is 318 g/mol. The maximum Gasteiger partial charge on any atom is 0.146 e. The number of aromatic nitrogens is 3. The molecule has 1 aliphatic rings. The van der Waals surface area contributed by atoms with E-state index in [-0.39, 0.29) is 0 Å². The summed E-state index contributed by atoms with van der Waals surface area (Å²) in [5.41, 5.74) is 0. The summed E-state index contributed by atoms with van der Waals surface area (Å²) in [6.45, 7) is 3.80. The van der Waals surface area contributed by atoms with E-state index in [2.05, 4.69) is 15.1 Å². The van der Waals surface area contributed by atoms with E-state index >= 15 is 0 Å². The van der Waals surface area contributed by atoms with E-state index in [9.17, 15) is 5.11 Å². The quantitative estimate of drug-likeness (QED) is 0.918. The minimum atomic E-state index is -0.545. The number of nitrogens with zero attached hydrogens (tertiary/aromatic N) is 4. The molecule has 0 saturated carbocycles. The number of rotatable bonds is 5. The van der Waals surface area contributed by atoms with Crippen LogP contribution in [0.15, 0.2) is 22.8 Å². The molecular formula is C17H26N4O2. The molecule has 2 atom stereocenters. The van der Waals surface area contributed by atoms with Crippen LogP contribution in [0.3, 0.4) is 0 Å². The Kier molecular flexibility index (Phi) is 5.13. The number of furan rings is 1. The van der Waals surface area contributed by atoms with Gasteiger partial charge in [0.1, 0.15) is 23.5 Å². The average molecular weight is 318 g/mol. The molecule has 6 nitrogen and oxygen atoms in total. The lowest BCUT2D eigenvalue weighted by Gasteiger charge is -2.30. The van der Waals surface area contributed by atoms with E-state index in [1.54, 1.807) is 6.26 Å². The Morgan fingerprint density at radius 2 is 2.22 bits per heavy atom. The highest BCUT2D eigenvalue weighted by atomic mass is 16.4. The third kappa shape index (κ3) is 3.82. The van der Waals surface area contributed by atoms with Gasteiger partial charge in [-0.1, -0.05) is 12.8 Å². The Morgan fingerprint density at radius 3 is 2.91 bits per heavy atom. The molecule has 6 heteroatoms. The number of hydrogen-bond donors (Lipinski definition) is 1. The van der Waals surface area contributed by atoms with Crippen molar-refractivity contribution in [3.05, 3.63) is 35.8 Å². The van der Waals surface area contributed by atoms with Gasteiger partial charge in [0.05, 0.1) is 12.8 Å². The molecule has 3 heterocycles. The van der Waals surface area contributed by atoms with Gasteiger partial charge in [0.25, 0.3) is 0 Å². The van der Waals surface area contributed by atoms with Gasteiger partial charge in [-0.05, 0) is 44.9 Å². The predicted molar refractivity (Wildman–Crippen MR) is 86.7 cm³/mol. The molecule has 0 aliphatic carbocycles. The molecule has 1 aliphatic heterocycles. The number of hydrogen-bond acceptors (Lipinski definition) is 5. The number of aliphatic hydroxyl groups excluding tert-OH is 1. The molecule has 0 aromatic carbocycles. The van der Waals surface area contributed by atoms with Crippen molar-refractivity contribution in [1.29, 1.82) is 0 Å². The van der Waals surface area contributed by atoms with E-state index in [1.807, 2.05) is 30.7 Å². The number of aliphatic hydroxyl groups is 1. The molecule has 2 aromatic heterocycles. The first-order chi connectivity index (χ1) is 11.1. The molecule has 126 valence electrons. The summed E-state index contributed by atoms with van der Waals surface area (Å²) in [5.74, 6) is 2.58. The van der Waals surface area contributed by atoms with Crippen molar-refractivity contribution in [2.75, 3.05) is 6.54 Å². The van der Waals surface area contributed by atoms with Crippen molar-refractivity contribution in [3.63, 3.8) is 0 Å². The van der Waals surface area contributed by atoms with Crippen LogP contribution in [0.1, 0.15) is 55.6 Å². The molecule has 0 spiro atoms. The van der Waals surface area contributed by atoms with Gasteiger partial charge in [-0.25, -0.2) is 0 Å². The molecule has 0 bridgehead atoms. The second-order valence-electron chi connectivity index (χ2n) is 6.46. The van der Waals surface area contributed by atoms with Crippen molar-refractivity contribution >= 4 is 0 Å². The van der Waals surface area contributed by atoms with Gasteiger partial charge in [0.15, 0.2) is 0 Å². The van der Waals surface area contributed by atoms with Gasteiger partial charge >= 0.3 is 0 Å². The Labute approximate surface area is 137 Å². The first-order valence-corrected chi connectivity index (χ1v) is 8.45. The van der Waals surface area contributed by atoms with Crippen LogP contribution in [0.5, 0.6) is 0 Å². The van der Waals surface area contributed by atoms with Crippen molar-refractivity contribution in [3.8, 4) is 0 Å². The molecular weight excluding hydrogens is 292 g/mol. The fourth-order valence-corrected chi connectivity index (χ4v) is 3.34. The highest BCUT2D eigenvalue weighted by molar-refractivity contribution is 5.03. The standard InChI is InChI=1S/C17H26N4O2/c1-13-18-19-17(20(13)2)12-21-9-5-3-4-7-14(21)11-15(22)16-8-6-10-23-16/h6,8,10,14-15,22H,3-5,7,9,11-12H2,1-2H3/t14-,15+/m0/s1. The van der Waals surface area contributed by atoms with Crippen molar-refractivity contribution < 1.29 is 9.52 Å². The van der Waals surface area contributed by atoms with Crippen LogP contribution in [-0.4, -0.2) is 37.4 Å². The molecule has 0 amide bonds. The molecule has 0 unspecified atom stereocenters. The van der Waals surface area contributed by atoms with Gasteiger partial charge < -0.3 is 14.1 Å². The average Bonchev–Trinajstić information content (AvgIpc) is 3.12. The van der Waals surface area contributed by atoms with Gasteiger partial charge in [0.2, 0.25) is 0 Å². The molecule has 0 radical (unpaired) electrons. The summed E-state index contributed by atoms with van der Waals surface area (Å²) in [5, 5.41) is 18.9. The van der Waals surface area contributed by atoms with E-state index in [1.165, 1.54) is 19.3 Å². The Morgan fingerprint density at radius 1 is 1.35 bits per heavy atom. The summed E-state index contributed by atoms with van der Waals surface area (Å²) < 4.78 is 7.40. The Balaban J connectivity index is 1.71. The minimum absolute atomic E-state index is 0.342. The first-order valence-electron chi connectivity index (χ1n) is 8.45. The highest BCUT2D eigenvalue weighted by Crippen LogP contribution is 2.27. The van der Waals surface area contributed by atoms with Crippen LogP contribution in [0.4, 0.5) is 0 Å². The zero-order chi connectivity index (χ0) is 16.2. The third-order valence-electron chi connectivity index (χ3n) is 4.89. The minimum Gasteiger partial charge on any atom is -0.467 e. The summed E-state index contributed by atoms with van der Waals surface area (Å²) in [6, 6.07) is 4.01. The molecule has 1 fully saturated rings. The summed E-state index contributed by atoms with van der Waals surface area (Å²) in [7, 11) is 2.01. The van der Waals surface area contributed by atoms with Gasteiger partial charge in [0, 0.05) is 13.1 Å². The first kappa shape index (κ1) is 16.2. The fourth-order valence-electron chi connectivity index (χ4n) is 3.34. The highest BCUT2D eigenvalue weighted by Gasteiger charge is 2.26. The topological polar surface area (TPSA) is 67.3 Å². The summed E-state index contributed by atoms with van der Waals surface area (Å²) in [6.07, 6.45) is 6.54. The van der Waals surface area contributed by atoms with Gasteiger partial charge in [-0.2, -0.15) is 0 Å². The summed E-state index contributed by atoms with van der Waals surface area (Å²) >= 11 is 0. The van der Waals surface area contributed by atoms with E-state index in [0.29, 0.717) is 18.2 Å². The molecule has 23 heavy (non-hydrogen) atoms. The summed E-state index contributed by atoms with van der Waals surface area (Å²) in [4.78, 5) is 2.45. The Bertz CT molecular complexity index is 608. The molecule has 2 aromatic rings. The molecule has 1 saturated heterocycles. The Hall–Kier alpha value is -1.66. The predicted octanol–water partition coefficient (Wildman–Crippen LogP) is 2.58. The molecule has 3 rings (SSSR count). The van der Waals surface area contributed by atoms with Gasteiger partial charge in [-0.15, -0.1) is 10.2 Å². The zero-order valence-electron chi connectivity index (χ0n) is 14.0. The van der Waals surface area contributed by atoms with Crippen molar-refractivity contribution in [2.45, 2.75) is 57.7 Å². The van der Waals surface area contributed by atoms with E-state index < -0.39 is 6.10 Å². The zero-order valence-corrected chi connectivity index (χ0v) is 14.0. The lowest BCUT2D eigenvalue weighted by Crippen LogP contribution is -2.36. The number of likely N-dealkylation sites (tertiary alicyclic amines) is 1. The van der Waals surface area contributed by atoms with Crippen LogP contribution in [0, 0.1) is 6.92 Å². The lowest BCUT2D eigenvalue weighted by molar-refractivity contribution is 0.0814. The van der Waals surface area contributed by atoms with Crippen LogP contribution in [0.2, 0.25) is 0 Å². The number of aryl methyl sites for hydroxylation is 1. The van der Waals surface area contributed by atoms with Crippen molar-refractivity contribution in [2.24, 2.45) is 7.05 Å². The third-order valence-corrected chi connectivity index (χ3v) is 4.89. The lowest BCUT2D eigenvalue weighted by atomic mass is 10.0. The SMILES string of the molecule is Cc1nnc(CN2CCCCC[C@H]2C[C@@H](O)c2ccco2)n1C. The maximum atomic E-state index is 10.4. The van der Waals surface area contributed by atoms with E-state index in [4.69, 9.17) is 4.42 Å².